The number of hydrogen-bond donors (Lipinski definition) is 0. The van der Waals surface area contributed by atoms with E-state index in [0.717, 1.165) is 17.1 Å². The fourth-order valence-corrected chi connectivity index (χ4v) is 12.6. The van der Waals surface area contributed by atoms with Crippen molar-refractivity contribution in [2.24, 2.45) is 0 Å². The van der Waals surface area contributed by atoms with Crippen LogP contribution in [0.2, 0.25) is 0 Å². The van der Waals surface area contributed by atoms with Crippen molar-refractivity contribution in [2.45, 2.75) is 5.41 Å². The zero-order chi connectivity index (χ0) is 48.0. The highest BCUT2D eigenvalue weighted by Gasteiger charge is 2.51. The van der Waals surface area contributed by atoms with Gasteiger partial charge in [-0.15, -0.1) is 0 Å². The van der Waals surface area contributed by atoms with Crippen molar-refractivity contribution in [3.63, 3.8) is 0 Å². The van der Waals surface area contributed by atoms with Gasteiger partial charge in [0.2, 0.25) is 0 Å². The average Bonchev–Trinajstić information content (AvgIpc) is 4.08. The first-order valence-corrected chi connectivity index (χ1v) is 25.3. The van der Waals surface area contributed by atoms with Crippen molar-refractivity contribution < 1.29 is 0 Å². The molecule has 2 nitrogen and oxygen atoms in total. The molecule has 15 rings (SSSR count). The smallest absolute Gasteiger partial charge is 0.0726 e. The molecule has 0 fully saturated rings. The first kappa shape index (κ1) is 41.3. The average molecular weight is 927 g/mol. The van der Waals surface area contributed by atoms with Crippen LogP contribution in [0.3, 0.4) is 0 Å². The van der Waals surface area contributed by atoms with E-state index in [1.54, 1.807) is 0 Å². The summed E-state index contributed by atoms with van der Waals surface area (Å²) in [5, 5.41) is 4.98. The third-order valence-electron chi connectivity index (χ3n) is 15.8. The maximum atomic E-state index is 2.48. The summed E-state index contributed by atoms with van der Waals surface area (Å²) in [6.07, 6.45) is 0. The molecule has 12 aromatic carbocycles. The first-order valence-electron chi connectivity index (χ1n) is 25.3. The molecule has 2 aliphatic rings. The second kappa shape index (κ2) is 16.3. The van der Waals surface area contributed by atoms with E-state index >= 15 is 0 Å². The SMILES string of the molecule is c1ccc(-c2ccc(N(c3ccc(-c4cccc(-c5ccc6c(c5)c5ccccc5n6-c5cccc6ccccc56)c4)cc3)c3ccc4c(c3)C3(c5ccccc5-c5ccccc53)c3ccccc3-4)cc2)cc1. The van der Waals surface area contributed by atoms with Gasteiger partial charge in [0.25, 0.3) is 0 Å². The van der Waals surface area contributed by atoms with Crippen LogP contribution in [0, 0.1) is 0 Å². The third kappa shape index (κ3) is 6.24. The Morgan fingerprint density at radius 3 is 1.40 bits per heavy atom. The van der Waals surface area contributed by atoms with Gasteiger partial charge in [-0.2, -0.15) is 0 Å². The number of fused-ring (bicyclic) bond motifs is 14. The van der Waals surface area contributed by atoms with Gasteiger partial charge in [-0.3, -0.25) is 0 Å². The molecule has 2 heteroatoms. The summed E-state index contributed by atoms with van der Waals surface area (Å²) in [5.74, 6) is 0. The molecule has 13 aromatic rings. The van der Waals surface area contributed by atoms with Gasteiger partial charge >= 0.3 is 0 Å². The number of hydrogen-bond acceptors (Lipinski definition) is 1. The highest BCUT2D eigenvalue weighted by Crippen LogP contribution is 2.63. The first-order chi connectivity index (χ1) is 36.2. The highest BCUT2D eigenvalue weighted by molar-refractivity contribution is 6.12. The monoisotopic (exact) mass is 926 g/mol. The lowest BCUT2D eigenvalue weighted by Gasteiger charge is -2.32. The normalized spacial score (nSPS) is 12.8. The summed E-state index contributed by atoms with van der Waals surface area (Å²) >= 11 is 0. The number of para-hydroxylation sites is 1. The molecule has 1 spiro atoms. The van der Waals surface area contributed by atoms with Crippen molar-refractivity contribution in [2.75, 3.05) is 4.90 Å². The van der Waals surface area contributed by atoms with Gasteiger partial charge in [0.1, 0.15) is 0 Å². The van der Waals surface area contributed by atoms with Crippen LogP contribution in [0.25, 0.3) is 93.9 Å². The molecule has 0 atom stereocenters. The van der Waals surface area contributed by atoms with Crippen molar-refractivity contribution in [3.8, 4) is 61.3 Å². The van der Waals surface area contributed by atoms with E-state index in [4.69, 9.17) is 0 Å². The maximum Gasteiger partial charge on any atom is 0.0726 e. The van der Waals surface area contributed by atoms with E-state index in [1.165, 1.54) is 116 Å². The van der Waals surface area contributed by atoms with Crippen LogP contribution in [0.5, 0.6) is 0 Å². The standard InChI is InChI=1S/C71H46N2/c1-2-16-47(17-3-1)48-32-37-54(38-33-48)72(56-41-42-61-60-25-8-12-29-66(60)71(67(61)46-56)64-27-10-6-23-58(64)59-24-7-11-28-65(59)71)55-39-34-49(35-40-55)51-20-14-21-52(44-51)53-36-43-70-63(45-53)62-26-9-13-30-69(62)73(70)68-31-15-19-50-18-4-5-22-57(50)68/h1-46H. The maximum absolute atomic E-state index is 2.48. The predicted octanol–water partition coefficient (Wildman–Crippen LogP) is 18.8. The van der Waals surface area contributed by atoms with Gasteiger partial charge in [-0.1, -0.05) is 212 Å². The molecule has 73 heavy (non-hydrogen) atoms. The summed E-state index contributed by atoms with van der Waals surface area (Å²) in [4.78, 5) is 2.43. The molecule has 0 saturated heterocycles. The minimum atomic E-state index is -0.439. The number of aromatic nitrogens is 1. The van der Waals surface area contributed by atoms with Crippen LogP contribution in [-0.2, 0) is 5.41 Å². The molecule has 2 aliphatic carbocycles. The van der Waals surface area contributed by atoms with E-state index < -0.39 is 5.41 Å². The fraction of sp³-hybridized carbons (Fsp3) is 0.0141. The molecule has 0 radical (unpaired) electrons. The lowest BCUT2D eigenvalue weighted by Crippen LogP contribution is -2.26. The topological polar surface area (TPSA) is 8.17 Å². The molecule has 1 heterocycles. The van der Waals surface area contributed by atoms with Crippen LogP contribution in [0.15, 0.2) is 279 Å². The number of nitrogens with zero attached hydrogens (tertiary/aromatic N) is 2. The van der Waals surface area contributed by atoms with E-state index in [-0.39, 0.29) is 0 Å². The fourth-order valence-electron chi connectivity index (χ4n) is 12.6. The third-order valence-corrected chi connectivity index (χ3v) is 15.8. The van der Waals surface area contributed by atoms with Gasteiger partial charge < -0.3 is 9.47 Å². The van der Waals surface area contributed by atoms with E-state index in [2.05, 4.69) is 289 Å². The zero-order valence-electron chi connectivity index (χ0n) is 40.0. The second-order valence-corrected chi connectivity index (χ2v) is 19.6. The molecule has 0 unspecified atom stereocenters. The molecule has 0 bridgehead atoms. The summed E-state index contributed by atoms with van der Waals surface area (Å²) in [7, 11) is 0. The number of benzene rings is 12. The van der Waals surface area contributed by atoms with Crippen molar-refractivity contribution in [1.29, 1.82) is 0 Å². The Labute approximate surface area is 425 Å². The Balaban J connectivity index is 0.837. The van der Waals surface area contributed by atoms with E-state index in [9.17, 15) is 0 Å². The summed E-state index contributed by atoms with van der Waals surface area (Å²) in [6, 6.07) is 103. The van der Waals surface area contributed by atoms with Crippen molar-refractivity contribution in [3.05, 3.63) is 301 Å². The summed E-state index contributed by atoms with van der Waals surface area (Å²) in [5.41, 5.74) is 24.2. The molecule has 340 valence electrons. The van der Waals surface area contributed by atoms with Gasteiger partial charge in [-0.25, -0.2) is 0 Å². The quantitative estimate of drug-likeness (QED) is 0.155. The summed E-state index contributed by atoms with van der Waals surface area (Å²) in [6.45, 7) is 0. The van der Waals surface area contributed by atoms with Gasteiger partial charge in [0, 0.05) is 33.2 Å². The lowest BCUT2D eigenvalue weighted by atomic mass is 9.70. The zero-order valence-corrected chi connectivity index (χ0v) is 40.0. The molecule has 0 N–H and O–H groups in total. The molecule has 0 amide bonds. The number of rotatable bonds is 7. The predicted molar refractivity (Wildman–Crippen MR) is 306 cm³/mol. The van der Waals surface area contributed by atoms with Crippen LogP contribution >= 0.6 is 0 Å². The Kier molecular flexibility index (Phi) is 9.21. The lowest BCUT2D eigenvalue weighted by molar-refractivity contribution is 0.793. The van der Waals surface area contributed by atoms with Crippen LogP contribution in [0.4, 0.5) is 17.1 Å². The van der Waals surface area contributed by atoms with Gasteiger partial charge in [-0.05, 0) is 150 Å². The van der Waals surface area contributed by atoms with E-state index in [0.29, 0.717) is 0 Å². The molecule has 0 saturated carbocycles. The van der Waals surface area contributed by atoms with Crippen LogP contribution in [0.1, 0.15) is 22.3 Å². The Hall–Kier alpha value is -9.50. The minimum Gasteiger partial charge on any atom is -0.310 e. The van der Waals surface area contributed by atoms with Crippen LogP contribution in [-0.4, -0.2) is 4.57 Å². The van der Waals surface area contributed by atoms with Gasteiger partial charge in [0.15, 0.2) is 0 Å². The summed E-state index contributed by atoms with van der Waals surface area (Å²) < 4.78 is 2.43. The molecule has 1 aromatic heterocycles. The second-order valence-electron chi connectivity index (χ2n) is 19.6. The van der Waals surface area contributed by atoms with E-state index in [1.807, 2.05) is 0 Å². The Morgan fingerprint density at radius 1 is 0.260 bits per heavy atom. The minimum absolute atomic E-state index is 0.439. The largest absolute Gasteiger partial charge is 0.310 e. The van der Waals surface area contributed by atoms with Crippen molar-refractivity contribution >= 4 is 49.6 Å². The Morgan fingerprint density at radius 2 is 0.712 bits per heavy atom. The molecule has 0 aliphatic heterocycles. The van der Waals surface area contributed by atoms with Crippen LogP contribution < -0.4 is 4.90 Å². The highest BCUT2D eigenvalue weighted by atomic mass is 15.1. The molecular formula is C71H46N2. The number of anilines is 3. The van der Waals surface area contributed by atoms with Gasteiger partial charge in [0.05, 0.1) is 22.1 Å². The Bertz CT molecular complexity index is 4240. The van der Waals surface area contributed by atoms with Crippen molar-refractivity contribution in [1.82, 2.24) is 4.57 Å². The molecular weight excluding hydrogens is 881 g/mol.